The van der Waals surface area contributed by atoms with Crippen molar-refractivity contribution in [1.29, 1.82) is 0 Å². The SMILES string of the molecule is CC(C)(CN1CC(C(=O)O)CC1=O)S(C)(=O)=O. The summed E-state index contributed by atoms with van der Waals surface area (Å²) in [5.41, 5.74) is 0. The zero-order valence-electron chi connectivity index (χ0n) is 10.1. The summed E-state index contributed by atoms with van der Waals surface area (Å²) in [5, 5.41) is 8.81. The molecule has 1 saturated heterocycles. The van der Waals surface area contributed by atoms with Crippen molar-refractivity contribution < 1.29 is 23.1 Å². The first-order valence-corrected chi connectivity index (χ1v) is 7.14. The number of hydrogen-bond donors (Lipinski definition) is 1. The Balaban J connectivity index is 2.78. The quantitative estimate of drug-likeness (QED) is 0.754. The molecule has 1 heterocycles. The van der Waals surface area contributed by atoms with Crippen LogP contribution in [0.4, 0.5) is 0 Å². The highest BCUT2D eigenvalue weighted by atomic mass is 32.2. The van der Waals surface area contributed by atoms with Crippen molar-refractivity contribution in [1.82, 2.24) is 4.90 Å². The van der Waals surface area contributed by atoms with Crippen LogP contribution in [0.5, 0.6) is 0 Å². The van der Waals surface area contributed by atoms with E-state index in [-0.39, 0.29) is 25.4 Å². The van der Waals surface area contributed by atoms with Gasteiger partial charge in [0.2, 0.25) is 5.91 Å². The predicted molar refractivity (Wildman–Crippen MR) is 61.2 cm³/mol. The van der Waals surface area contributed by atoms with Gasteiger partial charge in [0.15, 0.2) is 9.84 Å². The Kier molecular flexibility index (Phi) is 3.52. The van der Waals surface area contributed by atoms with Crippen molar-refractivity contribution in [2.45, 2.75) is 25.0 Å². The summed E-state index contributed by atoms with van der Waals surface area (Å²) in [6, 6.07) is 0. The normalized spacial score (nSPS) is 21.9. The molecule has 98 valence electrons. The summed E-state index contributed by atoms with van der Waals surface area (Å²) >= 11 is 0. The van der Waals surface area contributed by atoms with E-state index in [0.717, 1.165) is 6.26 Å². The fraction of sp³-hybridized carbons (Fsp3) is 0.800. The lowest BCUT2D eigenvalue weighted by molar-refractivity contribution is -0.141. The summed E-state index contributed by atoms with van der Waals surface area (Å²) < 4.78 is 22.0. The number of nitrogens with zero attached hydrogens (tertiary/aromatic N) is 1. The van der Waals surface area contributed by atoms with Gasteiger partial charge in [-0.3, -0.25) is 9.59 Å². The summed E-state index contributed by atoms with van der Waals surface area (Å²) in [6.07, 6.45) is 1.07. The number of carboxylic acids is 1. The highest BCUT2D eigenvalue weighted by Crippen LogP contribution is 2.23. The molecule has 0 bridgehead atoms. The van der Waals surface area contributed by atoms with Crippen molar-refractivity contribution in [3.8, 4) is 0 Å². The molecule has 1 aliphatic heterocycles. The number of carbonyl (C=O) groups excluding carboxylic acids is 1. The van der Waals surface area contributed by atoms with Gasteiger partial charge < -0.3 is 10.0 Å². The van der Waals surface area contributed by atoms with Gasteiger partial charge in [-0.1, -0.05) is 0 Å². The van der Waals surface area contributed by atoms with E-state index in [0.29, 0.717) is 0 Å². The zero-order chi connectivity index (χ0) is 13.4. The molecular formula is C10H17NO5S. The topological polar surface area (TPSA) is 91.8 Å². The van der Waals surface area contributed by atoms with Gasteiger partial charge in [-0.2, -0.15) is 0 Å². The first kappa shape index (κ1) is 14.0. The summed E-state index contributed by atoms with van der Waals surface area (Å²) in [5.74, 6) is -2.04. The summed E-state index contributed by atoms with van der Waals surface area (Å²) in [4.78, 5) is 23.6. The zero-order valence-corrected chi connectivity index (χ0v) is 11.0. The van der Waals surface area contributed by atoms with Crippen molar-refractivity contribution in [2.24, 2.45) is 5.92 Å². The molecule has 1 amide bonds. The molecule has 1 N–H and O–H groups in total. The van der Waals surface area contributed by atoms with Gasteiger partial charge in [-0.25, -0.2) is 8.42 Å². The van der Waals surface area contributed by atoms with Crippen LogP contribution in [-0.2, 0) is 19.4 Å². The standard InChI is InChI=1S/C10H17NO5S/c1-10(2,17(3,15)16)6-11-5-7(9(13)14)4-8(11)12/h7H,4-6H2,1-3H3,(H,13,14). The van der Waals surface area contributed by atoms with Gasteiger partial charge in [0.25, 0.3) is 0 Å². The molecule has 17 heavy (non-hydrogen) atoms. The number of amides is 1. The molecular weight excluding hydrogens is 246 g/mol. The smallest absolute Gasteiger partial charge is 0.308 e. The van der Waals surface area contributed by atoms with Gasteiger partial charge in [0, 0.05) is 25.8 Å². The molecule has 1 unspecified atom stereocenters. The number of rotatable bonds is 4. The maximum absolute atomic E-state index is 11.6. The third kappa shape index (κ3) is 2.96. The first-order chi connectivity index (χ1) is 7.54. The van der Waals surface area contributed by atoms with Crippen LogP contribution >= 0.6 is 0 Å². The van der Waals surface area contributed by atoms with E-state index >= 15 is 0 Å². The summed E-state index contributed by atoms with van der Waals surface area (Å²) in [6.45, 7) is 3.19. The van der Waals surface area contributed by atoms with E-state index in [1.165, 1.54) is 18.7 Å². The Bertz CT molecular complexity index is 440. The van der Waals surface area contributed by atoms with Gasteiger partial charge in [0.1, 0.15) is 0 Å². The van der Waals surface area contributed by atoms with Crippen molar-refractivity contribution in [2.75, 3.05) is 19.3 Å². The van der Waals surface area contributed by atoms with Gasteiger partial charge in [-0.05, 0) is 13.8 Å². The average Bonchev–Trinajstić information content (AvgIpc) is 2.45. The molecule has 1 aliphatic rings. The number of sulfone groups is 1. The third-order valence-electron chi connectivity index (χ3n) is 3.14. The lowest BCUT2D eigenvalue weighted by Gasteiger charge is -2.28. The van der Waals surface area contributed by atoms with Crippen molar-refractivity contribution in [3.63, 3.8) is 0 Å². The molecule has 0 aromatic rings. The monoisotopic (exact) mass is 263 g/mol. The van der Waals surface area contributed by atoms with Crippen LogP contribution in [0.1, 0.15) is 20.3 Å². The van der Waals surface area contributed by atoms with Crippen LogP contribution in [0.25, 0.3) is 0 Å². The molecule has 1 atom stereocenters. The second-order valence-corrected chi connectivity index (χ2v) is 7.69. The number of likely N-dealkylation sites (tertiary alicyclic amines) is 1. The van der Waals surface area contributed by atoms with Gasteiger partial charge in [0.05, 0.1) is 10.7 Å². The van der Waals surface area contributed by atoms with Crippen molar-refractivity contribution >= 4 is 21.7 Å². The molecule has 0 radical (unpaired) electrons. The van der Waals surface area contributed by atoms with Crippen LogP contribution in [0.3, 0.4) is 0 Å². The summed E-state index contributed by atoms with van der Waals surface area (Å²) in [7, 11) is -3.29. The number of hydrogen-bond acceptors (Lipinski definition) is 4. The van der Waals surface area contributed by atoms with Crippen LogP contribution in [0.15, 0.2) is 0 Å². The Morgan fingerprint density at radius 3 is 2.41 bits per heavy atom. The average molecular weight is 263 g/mol. The van der Waals surface area contributed by atoms with Gasteiger partial charge >= 0.3 is 5.97 Å². The molecule has 0 aromatic heterocycles. The molecule has 6 nitrogen and oxygen atoms in total. The van der Waals surface area contributed by atoms with Crippen LogP contribution in [-0.4, -0.2) is 54.4 Å². The van der Waals surface area contributed by atoms with E-state index in [9.17, 15) is 18.0 Å². The Morgan fingerprint density at radius 2 is 2.06 bits per heavy atom. The van der Waals surface area contributed by atoms with Gasteiger partial charge in [-0.15, -0.1) is 0 Å². The van der Waals surface area contributed by atoms with E-state index in [1.807, 2.05) is 0 Å². The van der Waals surface area contributed by atoms with E-state index in [4.69, 9.17) is 5.11 Å². The molecule has 0 saturated carbocycles. The number of carbonyl (C=O) groups is 2. The van der Waals surface area contributed by atoms with Crippen LogP contribution in [0, 0.1) is 5.92 Å². The minimum Gasteiger partial charge on any atom is -0.481 e. The highest BCUT2D eigenvalue weighted by Gasteiger charge is 2.40. The number of carboxylic acid groups (broad SMARTS) is 1. The fourth-order valence-electron chi connectivity index (χ4n) is 1.67. The molecule has 0 aliphatic carbocycles. The Morgan fingerprint density at radius 1 is 1.53 bits per heavy atom. The predicted octanol–water partition coefficient (Wildman–Crippen LogP) is -0.257. The maximum atomic E-state index is 11.6. The Labute approximate surface area is 101 Å². The Hall–Kier alpha value is -1.11. The minimum atomic E-state index is -3.29. The second kappa shape index (κ2) is 4.29. The minimum absolute atomic E-state index is 0.0362. The largest absolute Gasteiger partial charge is 0.481 e. The van der Waals surface area contributed by atoms with E-state index in [2.05, 4.69) is 0 Å². The molecule has 0 spiro atoms. The van der Waals surface area contributed by atoms with E-state index in [1.54, 1.807) is 0 Å². The van der Waals surface area contributed by atoms with E-state index < -0.39 is 26.5 Å². The molecule has 0 aromatic carbocycles. The van der Waals surface area contributed by atoms with Crippen LogP contribution < -0.4 is 0 Å². The van der Waals surface area contributed by atoms with Crippen LogP contribution in [0.2, 0.25) is 0 Å². The lowest BCUT2D eigenvalue weighted by atomic mass is 10.1. The lowest BCUT2D eigenvalue weighted by Crippen LogP contribution is -2.44. The molecule has 7 heteroatoms. The maximum Gasteiger partial charge on any atom is 0.308 e. The molecule has 1 rings (SSSR count). The highest BCUT2D eigenvalue weighted by molar-refractivity contribution is 7.92. The fourth-order valence-corrected chi connectivity index (χ4v) is 2.06. The first-order valence-electron chi connectivity index (χ1n) is 5.25. The molecule has 1 fully saturated rings. The third-order valence-corrected chi connectivity index (χ3v) is 5.28. The second-order valence-electron chi connectivity index (χ2n) is 5.05. The number of aliphatic carboxylic acids is 1. The van der Waals surface area contributed by atoms with Crippen molar-refractivity contribution in [3.05, 3.63) is 0 Å².